The molecule has 152 valence electrons. The predicted octanol–water partition coefficient (Wildman–Crippen LogP) is 3.54. The van der Waals surface area contributed by atoms with Crippen molar-refractivity contribution in [2.75, 3.05) is 16.0 Å². The fraction of sp³-hybridized carbons (Fsp3) is 0.143. The van der Waals surface area contributed by atoms with E-state index in [1.54, 1.807) is 25.1 Å². The molecule has 1 aromatic heterocycles. The average Bonchev–Trinajstić information content (AvgIpc) is 2.71. The van der Waals surface area contributed by atoms with E-state index in [0.29, 0.717) is 22.0 Å². The van der Waals surface area contributed by atoms with Gasteiger partial charge in [-0.1, -0.05) is 35.9 Å². The number of hydrogen-bond donors (Lipinski definition) is 4. The van der Waals surface area contributed by atoms with E-state index in [1.807, 2.05) is 30.3 Å². The molecule has 0 spiro atoms. The summed E-state index contributed by atoms with van der Waals surface area (Å²) in [7, 11) is 0. The molecule has 1 aliphatic heterocycles. The molecule has 1 atom stereocenters. The summed E-state index contributed by atoms with van der Waals surface area (Å²) in [5.74, 6) is -1.62. The third-order valence-electron chi connectivity index (χ3n) is 4.83. The summed E-state index contributed by atoms with van der Waals surface area (Å²) < 4.78 is 0. The molecular weight excluding hydrogens is 406 g/mol. The largest absolute Gasteiger partial charge is 0.326 e. The number of fused-ring (bicyclic) bond motifs is 1. The van der Waals surface area contributed by atoms with E-state index in [1.165, 1.54) is 0 Å². The van der Waals surface area contributed by atoms with Crippen molar-refractivity contribution < 1.29 is 9.59 Å². The van der Waals surface area contributed by atoms with Crippen LogP contribution in [0.3, 0.4) is 0 Å². The van der Waals surface area contributed by atoms with E-state index < -0.39 is 23.3 Å². The SMILES string of the molecule is Cc1c(Cl)cccc1NC(=O)C1CC(=O)Nc2nc(Nc3ccccc3)[nH]c(=O)c21. The number of nitrogens with zero attached hydrogens (tertiary/aromatic N) is 1. The van der Waals surface area contributed by atoms with Crippen molar-refractivity contribution >= 4 is 46.6 Å². The van der Waals surface area contributed by atoms with Crippen LogP contribution in [-0.2, 0) is 9.59 Å². The number of para-hydroxylation sites is 1. The van der Waals surface area contributed by atoms with Gasteiger partial charge in [0.1, 0.15) is 5.82 Å². The lowest BCUT2D eigenvalue weighted by Crippen LogP contribution is -2.36. The number of benzene rings is 2. The minimum absolute atomic E-state index is 0.0661. The molecule has 1 unspecified atom stereocenters. The summed E-state index contributed by atoms with van der Waals surface area (Å²) >= 11 is 6.11. The van der Waals surface area contributed by atoms with Gasteiger partial charge in [-0.3, -0.25) is 19.4 Å². The van der Waals surface area contributed by atoms with E-state index in [2.05, 4.69) is 25.9 Å². The summed E-state index contributed by atoms with van der Waals surface area (Å²) in [6.45, 7) is 1.77. The van der Waals surface area contributed by atoms with Gasteiger partial charge in [0.25, 0.3) is 5.56 Å². The Morgan fingerprint density at radius 1 is 1.13 bits per heavy atom. The van der Waals surface area contributed by atoms with Crippen LogP contribution in [0.15, 0.2) is 53.3 Å². The van der Waals surface area contributed by atoms with Crippen LogP contribution in [0.1, 0.15) is 23.5 Å². The fourth-order valence-corrected chi connectivity index (χ4v) is 3.45. The molecular formula is C21H18ClN5O3. The van der Waals surface area contributed by atoms with Gasteiger partial charge in [0, 0.05) is 22.8 Å². The smallest absolute Gasteiger partial charge is 0.258 e. The third kappa shape index (κ3) is 3.90. The number of halogens is 1. The summed E-state index contributed by atoms with van der Waals surface area (Å²) in [6.07, 6.45) is -0.158. The molecule has 0 saturated carbocycles. The number of carbonyl (C=O) groups is 2. The topological polar surface area (TPSA) is 116 Å². The van der Waals surface area contributed by atoms with Crippen molar-refractivity contribution in [3.8, 4) is 0 Å². The zero-order valence-electron chi connectivity index (χ0n) is 16.0. The van der Waals surface area contributed by atoms with E-state index in [0.717, 1.165) is 0 Å². The highest BCUT2D eigenvalue weighted by atomic mass is 35.5. The normalized spacial score (nSPS) is 15.1. The zero-order chi connectivity index (χ0) is 21.3. The van der Waals surface area contributed by atoms with Crippen LogP contribution in [0.2, 0.25) is 5.02 Å². The van der Waals surface area contributed by atoms with Gasteiger partial charge in [-0.25, -0.2) is 0 Å². The molecule has 2 amide bonds. The number of hydrogen-bond acceptors (Lipinski definition) is 5. The van der Waals surface area contributed by atoms with Gasteiger partial charge in [-0.2, -0.15) is 4.98 Å². The summed E-state index contributed by atoms with van der Waals surface area (Å²) in [4.78, 5) is 44.9. The zero-order valence-corrected chi connectivity index (χ0v) is 16.7. The molecule has 0 aliphatic carbocycles. The van der Waals surface area contributed by atoms with Crippen LogP contribution >= 0.6 is 11.6 Å². The molecule has 9 heteroatoms. The Balaban J connectivity index is 1.66. The maximum Gasteiger partial charge on any atom is 0.258 e. The highest BCUT2D eigenvalue weighted by Gasteiger charge is 2.35. The highest BCUT2D eigenvalue weighted by molar-refractivity contribution is 6.31. The van der Waals surface area contributed by atoms with Gasteiger partial charge < -0.3 is 16.0 Å². The highest BCUT2D eigenvalue weighted by Crippen LogP contribution is 2.31. The molecule has 0 radical (unpaired) electrons. The fourth-order valence-electron chi connectivity index (χ4n) is 3.28. The Morgan fingerprint density at radius 3 is 2.67 bits per heavy atom. The van der Waals surface area contributed by atoms with Crippen molar-refractivity contribution in [2.45, 2.75) is 19.3 Å². The maximum absolute atomic E-state index is 12.9. The first-order valence-electron chi connectivity index (χ1n) is 9.24. The quantitative estimate of drug-likeness (QED) is 0.512. The Labute approximate surface area is 176 Å². The molecule has 3 aromatic rings. The third-order valence-corrected chi connectivity index (χ3v) is 5.24. The molecule has 4 rings (SSSR count). The number of carbonyl (C=O) groups excluding carboxylic acids is 2. The van der Waals surface area contributed by atoms with Crippen LogP contribution < -0.4 is 21.5 Å². The van der Waals surface area contributed by atoms with Crippen molar-refractivity contribution in [1.29, 1.82) is 0 Å². The first-order valence-corrected chi connectivity index (χ1v) is 9.62. The standard InChI is InChI=1S/C21H18ClN5O3/c1-11-14(22)8-5-9-15(11)24-19(29)13-10-16(28)25-18-17(13)20(30)27-21(26-18)23-12-6-3-2-4-7-12/h2-9,13H,10H2,1H3,(H,24,29)(H3,23,25,26,27,28,30). The number of nitrogens with one attached hydrogen (secondary N) is 4. The summed E-state index contributed by atoms with van der Waals surface area (Å²) in [6, 6.07) is 14.3. The van der Waals surface area contributed by atoms with Crippen LogP contribution in [0.4, 0.5) is 23.1 Å². The van der Waals surface area contributed by atoms with Crippen LogP contribution in [0.25, 0.3) is 0 Å². The van der Waals surface area contributed by atoms with Gasteiger partial charge in [-0.15, -0.1) is 0 Å². The lowest BCUT2D eigenvalue weighted by molar-refractivity contribution is -0.123. The molecule has 30 heavy (non-hydrogen) atoms. The minimum atomic E-state index is -0.978. The van der Waals surface area contributed by atoms with Gasteiger partial charge in [-0.05, 0) is 36.8 Å². The number of rotatable bonds is 4. The second kappa shape index (κ2) is 8.00. The number of aromatic nitrogens is 2. The Kier molecular flexibility index (Phi) is 5.24. The number of aromatic amines is 1. The molecule has 0 saturated heterocycles. The lowest BCUT2D eigenvalue weighted by Gasteiger charge is -2.24. The molecule has 0 bridgehead atoms. The molecule has 8 nitrogen and oxygen atoms in total. The van der Waals surface area contributed by atoms with E-state index in [4.69, 9.17) is 11.6 Å². The van der Waals surface area contributed by atoms with Gasteiger partial charge in [0.05, 0.1) is 11.5 Å². The van der Waals surface area contributed by atoms with Gasteiger partial charge >= 0.3 is 0 Å². The van der Waals surface area contributed by atoms with Crippen LogP contribution in [0, 0.1) is 6.92 Å². The Morgan fingerprint density at radius 2 is 1.90 bits per heavy atom. The lowest BCUT2D eigenvalue weighted by atomic mass is 9.92. The molecule has 2 heterocycles. The van der Waals surface area contributed by atoms with Crippen molar-refractivity contribution in [3.63, 3.8) is 0 Å². The molecule has 4 N–H and O–H groups in total. The van der Waals surface area contributed by atoms with Crippen LogP contribution in [-0.4, -0.2) is 21.8 Å². The first-order chi connectivity index (χ1) is 14.4. The number of H-pyrrole nitrogens is 1. The van der Waals surface area contributed by atoms with E-state index in [9.17, 15) is 14.4 Å². The van der Waals surface area contributed by atoms with Crippen molar-refractivity contribution in [3.05, 3.63) is 75.0 Å². The monoisotopic (exact) mass is 423 g/mol. The van der Waals surface area contributed by atoms with Crippen molar-refractivity contribution in [1.82, 2.24) is 9.97 Å². The Hall–Kier alpha value is -3.65. The van der Waals surface area contributed by atoms with E-state index >= 15 is 0 Å². The minimum Gasteiger partial charge on any atom is -0.326 e. The van der Waals surface area contributed by atoms with Crippen LogP contribution in [0.5, 0.6) is 0 Å². The molecule has 0 fully saturated rings. The first kappa shape index (κ1) is 19.7. The maximum atomic E-state index is 12.9. The second-order valence-electron chi connectivity index (χ2n) is 6.87. The average molecular weight is 424 g/mol. The predicted molar refractivity (Wildman–Crippen MR) is 115 cm³/mol. The van der Waals surface area contributed by atoms with Gasteiger partial charge in [0.15, 0.2) is 0 Å². The Bertz CT molecular complexity index is 1190. The number of anilines is 4. The summed E-state index contributed by atoms with van der Waals surface area (Å²) in [5, 5.41) is 8.83. The summed E-state index contributed by atoms with van der Waals surface area (Å²) in [5.41, 5.74) is 1.55. The molecule has 2 aromatic carbocycles. The van der Waals surface area contributed by atoms with Crippen molar-refractivity contribution in [2.24, 2.45) is 0 Å². The number of amides is 2. The van der Waals surface area contributed by atoms with E-state index in [-0.39, 0.29) is 23.8 Å². The van der Waals surface area contributed by atoms with Gasteiger partial charge in [0.2, 0.25) is 17.8 Å². The second-order valence-corrected chi connectivity index (χ2v) is 7.28. The molecule has 1 aliphatic rings.